The topological polar surface area (TPSA) is 91.8 Å². The number of hydrogen-bond acceptors (Lipinski definition) is 6. The van der Waals surface area contributed by atoms with E-state index in [1.165, 1.54) is 0 Å². The fraction of sp³-hybridized carbons (Fsp3) is 0.286. The number of allylic oxidation sites excluding steroid dienone is 4. The molecule has 3 heterocycles. The van der Waals surface area contributed by atoms with E-state index in [9.17, 15) is 14.1 Å². The number of piperidine rings is 1. The molecule has 1 fully saturated rings. The van der Waals surface area contributed by atoms with Crippen molar-refractivity contribution in [3.63, 3.8) is 0 Å². The van der Waals surface area contributed by atoms with Gasteiger partial charge in [0.05, 0.1) is 5.02 Å². The number of nitrogens with zero attached hydrogens (tertiary/aromatic N) is 2. The van der Waals surface area contributed by atoms with Gasteiger partial charge in [-0.1, -0.05) is 60.1 Å². The van der Waals surface area contributed by atoms with Crippen molar-refractivity contribution in [1.29, 1.82) is 0 Å². The molecule has 0 saturated carbocycles. The molecular weight excluding hydrogens is 631 g/mol. The number of hydrogen-bond donors (Lipinski definition) is 0. The Balaban J connectivity index is 1.17. The van der Waals surface area contributed by atoms with Gasteiger partial charge in [0.2, 0.25) is 0 Å². The van der Waals surface area contributed by atoms with Gasteiger partial charge in [-0.15, -0.1) is 0 Å². The number of ether oxygens (including phenoxy) is 2. The van der Waals surface area contributed by atoms with Crippen LogP contribution in [0.15, 0.2) is 91.2 Å². The van der Waals surface area contributed by atoms with E-state index in [1.54, 1.807) is 41.4 Å². The molecule has 1 saturated heterocycles. The van der Waals surface area contributed by atoms with Crippen molar-refractivity contribution < 1.29 is 23.6 Å². The zero-order chi connectivity index (χ0) is 32.0. The van der Waals surface area contributed by atoms with E-state index in [4.69, 9.17) is 32.7 Å². The standard InChI is InChI=1S/C35H36Cl2N2O5S/c1-3-26(22-45(42,24-40)23-30-6-4-5-17-38-30)8-7-25(2)27-9-11-32-28(20-27)13-14-35(44-32)15-18-39(19-16-35)34(41)43-33-12-10-29(36)21-31(33)37/h3-12,17,20-21,24,42H,2,13-16,18-19,22-23H2,1H3/p-1/b8-7-,26-3+. The Morgan fingerprint density at radius 1 is 1.13 bits per heavy atom. The maximum Gasteiger partial charge on any atom is 0.415 e. The Morgan fingerprint density at radius 3 is 2.62 bits per heavy atom. The molecule has 10 heteroatoms. The van der Waals surface area contributed by atoms with E-state index in [-0.39, 0.29) is 27.9 Å². The number of aryl methyl sites for hydroxylation is 1. The number of likely N-dealkylation sites (tertiary alicyclic amines) is 1. The van der Waals surface area contributed by atoms with Gasteiger partial charge in [0.25, 0.3) is 0 Å². The number of fused-ring (bicyclic) bond motifs is 1. The van der Waals surface area contributed by atoms with Crippen molar-refractivity contribution in [2.45, 2.75) is 44.0 Å². The first-order chi connectivity index (χ1) is 21.6. The van der Waals surface area contributed by atoms with Crippen LogP contribution in [0.3, 0.4) is 0 Å². The highest BCUT2D eigenvalue weighted by molar-refractivity contribution is 8.39. The third kappa shape index (κ3) is 8.19. The van der Waals surface area contributed by atoms with Crippen LogP contribution >= 0.6 is 33.5 Å². The maximum absolute atomic E-state index is 13.3. The lowest BCUT2D eigenvalue weighted by Crippen LogP contribution is -2.51. The number of benzene rings is 2. The molecule has 2 aromatic carbocycles. The fourth-order valence-corrected chi connectivity index (χ4v) is 7.74. The van der Waals surface area contributed by atoms with Gasteiger partial charge in [-0.2, -0.15) is 0 Å². The molecule has 0 bridgehead atoms. The van der Waals surface area contributed by atoms with Crippen molar-refractivity contribution in [1.82, 2.24) is 9.88 Å². The molecule has 1 unspecified atom stereocenters. The molecule has 236 valence electrons. The summed E-state index contributed by atoms with van der Waals surface area (Å²) in [5.74, 6) is 1.37. The Morgan fingerprint density at radius 2 is 1.93 bits per heavy atom. The van der Waals surface area contributed by atoms with Gasteiger partial charge in [0, 0.05) is 48.6 Å². The minimum atomic E-state index is -2.80. The van der Waals surface area contributed by atoms with E-state index in [1.807, 2.05) is 43.4 Å². The van der Waals surface area contributed by atoms with Crippen molar-refractivity contribution >= 4 is 50.8 Å². The summed E-state index contributed by atoms with van der Waals surface area (Å²) in [7, 11) is -2.80. The molecule has 0 aliphatic carbocycles. The molecule has 5 rings (SSSR count). The average Bonchev–Trinajstić information content (AvgIpc) is 3.04. The zero-order valence-corrected chi connectivity index (χ0v) is 27.4. The number of pyridine rings is 1. The number of halogens is 2. The Kier molecular flexibility index (Phi) is 10.4. The molecule has 0 N–H and O–H groups in total. The number of amides is 1. The van der Waals surface area contributed by atoms with Crippen LogP contribution in [0, 0.1) is 0 Å². The largest absolute Gasteiger partial charge is 0.806 e. The van der Waals surface area contributed by atoms with Crippen LogP contribution in [0.4, 0.5) is 4.79 Å². The van der Waals surface area contributed by atoms with Gasteiger partial charge >= 0.3 is 6.09 Å². The zero-order valence-electron chi connectivity index (χ0n) is 25.0. The predicted molar refractivity (Wildman–Crippen MR) is 181 cm³/mol. The van der Waals surface area contributed by atoms with Crippen molar-refractivity contribution in [2.24, 2.45) is 0 Å². The summed E-state index contributed by atoms with van der Waals surface area (Å²) < 4.78 is 25.4. The lowest BCUT2D eigenvalue weighted by Gasteiger charge is -2.44. The van der Waals surface area contributed by atoms with Crippen LogP contribution in [-0.4, -0.2) is 50.6 Å². The summed E-state index contributed by atoms with van der Waals surface area (Å²) in [4.78, 5) is 30.5. The minimum absolute atomic E-state index is 0.107. The molecule has 2 aliphatic rings. The van der Waals surface area contributed by atoms with E-state index in [0.717, 1.165) is 40.9 Å². The van der Waals surface area contributed by atoms with Crippen molar-refractivity contribution in [3.05, 3.63) is 118 Å². The number of aromatic nitrogens is 1. The Labute approximate surface area is 275 Å². The first kappa shape index (κ1) is 32.8. The Bertz CT molecular complexity index is 1640. The van der Waals surface area contributed by atoms with Gasteiger partial charge in [-0.25, -0.2) is 4.79 Å². The smallest absolute Gasteiger partial charge is 0.415 e. The molecule has 1 aromatic heterocycles. The SMILES string of the molecule is C=C(/C=C\C(=C/C)CS([O-])(C=O)Cc1ccccn1)c1ccc2c(c1)CCC1(CCN(C(=O)Oc3ccc(Cl)cc3Cl)CC1)O2. The highest BCUT2D eigenvalue weighted by atomic mass is 35.5. The van der Waals surface area contributed by atoms with Gasteiger partial charge in [-0.3, -0.25) is 20.1 Å². The molecule has 3 aromatic rings. The molecular formula is C35H35Cl2N2O5S-. The van der Waals surface area contributed by atoms with E-state index in [0.29, 0.717) is 42.3 Å². The second kappa shape index (κ2) is 14.3. The summed E-state index contributed by atoms with van der Waals surface area (Å²) in [5, 5.41) is 0.762. The summed E-state index contributed by atoms with van der Waals surface area (Å²) in [6.45, 7) is 7.14. The summed E-state index contributed by atoms with van der Waals surface area (Å²) >= 11 is 12.1. The van der Waals surface area contributed by atoms with Crippen LogP contribution in [-0.2, 0) is 17.0 Å². The van der Waals surface area contributed by atoms with Gasteiger partial charge in [0.1, 0.15) is 17.0 Å². The summed E-state index contributed by atoms with van der Waals surface area (Å²) in [5.41, 5.74) is 4.52. The van der Waals surface area contributed by atoms with Crippen LogP contribution in [0.2, 0.25) is 10.0 Å². The van der Waals surface area contributed by atoms with Crippen LogP contribution < -0.4 is 9.47 Å². The molecule has 2 aliphatic heterocycles. The molecule has 0 radical (unpaired) electrons. The highest BCUT2D eigenvalue weighted by Crippen LogP contribution is 2.45. The predicted octanol–water partition coefficient (Wildman–Crippen LogP) is 8.59. The second-order valence-corrected chi connectivity index (χ2v) is 14.7. The lowest BCUT2D eigenvalue weighted by atomic mass is 9.82. The quantitative estimate of drug-likeness (QED) is 0.168. The summed E-state index contributed by atoms with van der Waals surface area (Å²) in [6, 6.07) is 16.2. The van der Waals surface area contributed by atoms with E-state index >= 15 is 0 Å². The van der Waals surface area contributed by atoms with Crippen molar-refractivity contribution in [2.75, 3.05) is 18.8 Å². The Hall–Kier alpha value is -3.56. The molecule has 1 spiro atoms. The minimum Gasteiger partial charge on any atom is -0.806 e. The molecule has 1 atom stereocenters. The van der Waals surface area contributed by atoms with Crippen molar-refractivity contribution in [3.8, 4) is 11.5 Å². The number of rotatable bonds is 9. The van der Waals surface area contributed by atoms with Crippen LogP contribution in [0.1, 0.15) is 43.0 Å². The van der Waals surface area contributed by atoms with Crippen LogP contribution in [0.5, 0.6) is 11.5 Å². The molecule has 1 amide bonds. The molecule has 7 nitrogen and oxygen atoms in total. The third-order valence-corrected chi connectivity index (χ3v) is 10.7. The first-order valence-electron chi connectivity index (χ1n) is 14.7. The van der Waals surface area contributed by atoms with Gasteiger partial charge in [-0.05, 0) is 90.3 Å². The normalized spacial score (nSPS) is 18.0. The summed E-state index contributed by atoms with van der Waals surface area (Å²) in [6.07, 6.45) is 9.90. The monoisotopic (exact) mass is 665 g/mol. The van der Waals surface area contributed by atoms with Gasteiger partial charge < -0.3 is 18.9 Å². The fourth-order valence-electron chi connectivity index (χ4n) is 5.55. The maximum atomic E-state index is 13.3. The highest BCUT2D eigenvalue weighted by Gasteiger charge is 2.41. The van der Waals surface area contributed by atoms with E-state index < -0.39 is 16.4 Å². The van der Waals surface area contributed by atoms with E-state index in [2.05, 4.69) is 17.6 Å². The second-order valence-electron chi connectivity index (χ2n) is 11.3. The number of carbonyl (C=O) groups excluding carboxylic acids is 2. The van der Waals surface area contributed by atoms with Crippen LogP contribution in [0.25, 0.3) is 5.57 Å². The van der Waals surface area contributed by atoms with Gasteiger partial charge in [0.15, 0.2) is 5.75 Å². The first-order valence-corrected chi connectivity index (χ1v) is 17.4. The third-order valence-electron chi connectivity index (χ3n) is 8.21. The number of carbonyl (C=O) groups is 2. The molecule has 45 heavy (non-hydrogen) atoms. The lowest BCUT2D eigenvalue weighted by molar-refractivity contribution is -0.00950. The average molecular weight is 667 g/mol.